The van der Waals surface area contributed by atoms with Crippen molar-refractivity contribution < 1.29 is 27.5 Å². The largest absolute Gasteiger partial charge is 0.416 e. The first-order chi connectivity index (χ1) is 11.1. The molecule has 0 unspecified atom stereocenters. The van der Waals surface area contributed by atoms with Gasteiger partial charge in [0.15, 0.2) is 0 Å². The minimum Gasteiger partial charge on any atom is -0.362 e. The Morgan fingerprint density at radius 1 is 1.25 bits per heavy atom. The molecule has 1 aromatic carbocycles. The van der Waals surface area contributed by atoms with Crippen LogP contribution in [0.2, 0.25) is 5.02 Å². The van der Waals surface area contributed by atoms with Gasteiger partial charge in [0.25, 0.3) is 0 Å². The molecule has 2 fully saturated rings. The van der Waals surface area contributed by atoms with Gasteiger partial charge in [0.1, 0.15) is 0 Å². The summed E-state index contributed by atoms with van der Waals surface area (Å²) in [5.74, 6) is -2.63. The van der Waals surface area contributed by atoms with Crippen LogP contribution in [-0.2, 0) is 20.5 Å². The highest BCUT2D eigenvalue weighted by atomic mass is 35.5. The van der Waals surface area contributed by atoms with Gasteiger partial charge in [0, 0.05) is 0 Å². The summed E-state index contributed by atoms with van der Waals surface area (Å²) in [7, 11) is 0. The number of rotatable bonds is 1. The number of fused-ring (bicyclic) bond motifs is 5. The van der Waals surface area contributed by atoms with E-state index in [0.29, 0.717) is 0 Å². The summed E-state index contributed by atoms with van der Waals surface area (Å²) >= 11 is 5.98. The Morgan fingerprint density at radius 2 is 1.96 bits per heavy atom. The molecular formula is C16H11ClF3NO3. The predicted octanol–water partition coefficient (Wildman–Crippen LogP) is 3.19. The van der Waals surface area contributed by atoms with Crippen molar-refractivity contribution in [3.05, 3.63) is 40.9 Å². The van der Waals surface area contributed by atoms with Gasteiger partial charge in [0.05, 0.1) is 39.8 Å². The summed E-state index contributed by atoms with van der Waals surface area (Å²) in [4.78, 5) is 26.2. The fourth-order valence-corrected chi connectivity index (χ4v) is 3.95. The number of amides is 2. The van der Waals surface area contributed by atoms with Crippen molar-refractivity contribution in [3.63, 3.8) is 0 Å². The number of alkyl halides is 3. The van der Waals surface area contributed by atoms with Crippen molar-refractivity contribution in [1.82, 2.24) is 0 Å². The molecule has 126 valence electrons. The van der Waals surface area contributed by atoms with Crippen molar-refractivity contribution >= 4 is 29.1 Å². The summed E-state index contributed by atoms with van der Waals surface area (Å²) in [5, 5.41) is -0.0870. The molecule has 24 heavy (non-hydrogen) atoms. The van der Waals surface area contributed by atoms with Crippen LogP contribution >= 0.6 is 11.6 Å². The lowest BCUT2D eigenvalue weighted by atomic mass is 9.78. The van der Waals surface area contributed by atoms with Gasteiger partial charge < -0.3 is 4.74 Å². The molecule has 0 radical (unpaired) electrons. The number of imide groups is 1. The number of carbonyl (C=O) groups excluding carboxylic acids is 2. The van der Waals surface area contributed by atoms with Gasteiger partial charge in [-0.05, 0) is 25.1 Å². The smallest absolute Gasteiger partial charge is 0.362 e. The van der Waals surface area contributed by atoms with Crippen molar-refractivity contribution in [3.8, 4) is 0 Å². The highest BCUT2D eigenvalue weighted by Crippen LogP contribution is 2.53. The highest BCUT2D eigenvalue weighted by Gasteiger charge is 2.66. The lowest BCUT2D eigenvalue weighted by molar-refractivity contribution is -0.137. The second kappa shape index (κ2) is 4.61. The van der Waals surface area contributed by atoms with Gasteiger partial charge in [-0.1, -0.05) is 23.8 Å². The predicted molar refractivity (Wildman–Crippen MR) is 78.3 cm³/mol. The molecule has 1 aromatic rings. The molecule has 8 heteroatoms. The van der Waals surface area contributed by atoms with E-state index < -0.39 is 47.1 Å². The Labute approximate surface area is 139 Å². The Hall–Kier alpha value is -1.86. The maximum Gasteiger partial charge on any atom is 0.416 e. The number of hydrogen-bond acceptors (Lipinski definition) is 3. The number of ether oxygens (including phenoxy) is 1. The highest BCUT2D eigenvalue weighted by molar-refractivity contribution is 6.36. The van der Waals surface area contributed by atoms with Crippen LogP contribution in [0.4, 0.5) is 18.9 Å². The first-order valence-corrected chi connectivity index (χ1v) is 7.63. The number of halogens is 4. The van der Waals surface area contributed by atoms with Crippen molar-refractivity contribution in [2.75, 3.05) is 4.90 Å². The molecule has 0 aromatic heterocycles. The van der Waals surface area contributed by atoms with Crippen LogP contribution in [0.5, 0.6) is 0 Å². The second-order valence-corrected chi connectivity index (χ2v) is 6.71. The average Bonchev–Trinajstić information content (AvgIpc) is 3.08. The summed E-state index contributed by atoms with van der Waals surface area (Å²) in [5.41, 5.74) is -2.12. The van der Waals surface area contributed by atoms with Gasteiger partial charge in [-0.25, -0.2) is 4.90 Å². The minimum atomic E-state index is -4.60. The quantitative estimate of drug-likeness (QED) is 0.573. The van der Waals surface area contributed by atoms with E-state index in [9.17, 15) is 22.8 Å². The van der Waals surface area contributed by atoms with Gasteiger partial charge >= 0.3 is 6.18 Å². The minimum absolute atomic E-state index is 0.0870. The van der Waals surface area contributed by atoms with E-state index in [4.69, 9.17) is 16.3 Å². The Balaban J connectivity index is 1.80. The van der Waals surface area contributed by atoms with Crippen molar-refractivity contribution in [2.45, 2.75) is 24.8 Å². The van der Waals surface area contributed by atoms with Gasteiger partial charge in [-0.15, -0.1) is 0 Å². The van der Waals surface area contributed by atoms with Gasteiger partial charge in [0.2, 0.25) is 11.8 Å². The molecule has 2 bridgehead atoms. The van der Waals surface area contributed by atoms with Gasteiger partial charge in [-0.3, -0.25) is 9.59 Å². The Morgan fingerprint density at radius 3 is 2.58 bits per heavy atom. The molecule has 4 nitrogen and oxygen atoms in total. The van der Waals surface area contributed by atoms with Crippen LogP contribution in [0.15, 0.2) is 30.4 Å². The summed E-state index contributed by atoms with van der Waals surface area (Å²) in [6.07, 6.45) is -1.70. The number of nitrogens with zero attached hydrogens (tertiary/aromatic N) is 1. The van der Waals surface area contributed by atoms with Crippen LogP contribution < -0.4 is 4.90 Å². The molecule has 4 atom stereocenters. The molecule has 0 saturated carbocycles. The van der Waals surface area contributed by atoms with E-state index in [1.165, 1.54) is 0 Å². The molecule has 4 rings (SSSR count). The molecule has 2 amide bonds. The topological polar surface area (TPSA) is 46.6 Å². The van der Waals surface area contributed by atoms with Crippen LogP contribution in [0.3, 0.4) is 0 Å². The maximum absolute atomic E-state index is 12.9. The lowest BCUT2D eigenvalue weighted by Crippen LogP contribution is -2.38. The normalized spacial score (nSPS) is 34.4. The third-order valence-electron chi connectivity index (χ3n) is 4.84. The number of anilines is 1. The Bertz CT molecular complexity index is 806. The molecule has 2 saturated heterocycles. The molecule has 3 aliphatic rings. The van der Waals surface area contributed by atoms with Crippen LogP contribution in [0, 0.1) is 11.8 Å². The first kappa shape index (κ1) is 15.7. The molecular weight excluding hydrogens is 347 g/mol. The van der Waals surface area contributed by atoms with E-state index >= 15 is 0 Å². The molecule has 3 aliphatic heterocycles. The lowest BCUT2D eigenvalue weighted by Gasteiger charge is -2.24. The summed E-state index contributed by atoms with van der Waals surface area (Å²) in [6, 6.07) is 2.59. The Kier molecular flexibility index (Phi) is 3.01. The number of carbonyl (C=O) groups is 2. The third-order valence-corrected chi connectivity index (χ3v) is 5.16. The van der Waals surface area contributed by atoms with Crippen molar-refractivity contribution in [2.24, 2.45) is 11.8 Å². The molecule has 0 aliphatic carbocycles. The number of hydrogen-bond donors (Lipinski definition) is 0. The summed E-state index contributed by atoms with van der Waals surface area (Å²) < 4.78 is 44.5. The van der Waals surface area contributed by atoms with Gasteiger partial charge in [-0.2, -0.15) is 13.2 Å². The van der Waals surface area contributed by atoms with E-state index in [1.807, 2.05) is 0 Å². The third kappa shape index (κ3) is 1.91. The van der Waals surface area contributed by atoms with E-state index in [-0.39, 0.29) is 10.7 Å². The van der Waals surface area contributed by atoms with Crippen molar-refractivity contribution in [1.29, 1.82) is 0 Å². The van der Waals surface area contributed by atoms with Crippen LogP contribution in [-0.4, -0.2) is 23.5 Å². The van der Waals surface area contributed by atoms with E-state index in [2.05, 4.69) is 0 Å². The number of benzene rings is 1. The average molecular weight is 358 g/mol. The fourth-order valence-electron chi connectivity index (χ4n) is 3.75. The maximum atomic E-state index is 12.9. The molecule has 0 spiro atoms. The summed E-state index contributed by atoms with van der Waals surface area (Å²) in [6.45, 7) is 1.69. The van der Waals surface area contributed by atoms with E-state index in [0.717, 1.165) is 23.1 Å². The zero-order chi connectivity index (χ0) is 17.4. The molecule has 3 heterocycles. The van der Waals surface area contributed by atoms with Crippen LogP contribution in [0.1, 0.15) is 12.5 Å². The van der Waals surface area contributed by atoms with E-state index in [1.54, 1.807) is 19.1 Å². The van der Waals surface area contributed by atoms with Crippen LogP contribution in [0.25, 0.3) is 0 Å². The zero-order valence-electron chi connectivity index (χ0n) is 12.3. The second-order valence-electron chi connectivity index (χ2n) is 6.30. The monoisotopic (exact) mass is 357 g/mol. The fraction of sp³-hybridized carbons (Fsp3) is 0.375. The SMILES string of the molecule is C[C@@]12C=C[C@H](O1)[C@H]1C(=O)N(c3cc(C(F)(F)F)ccc3Cl)C(=O)[C@@H]12. The molecule has 0 N–H and O–H groups in total. The zero-order valence-corrected chi connectivity index (χ0v) is 13.1. The standard InChI is InChI=1S/C16H11ClF3NO3/c1-15-5-4-10(24-15)11-12(15)14(23)21(13(11)22)9-6-7(16(18,19)20)2-3-8(9)17/h2-6,10-12H,1H3/t10-,11+,12+,15-/m0/s1. The first-order valence-electron chi connectivity index (χ1n) is 7.25.